The molecule has 1 heterocycles. The highest BCUT2D eigenvalue weighted by Gasteiger charge is 2.43. The zero-order chi connectivity index (χ0) is 16.3. The van der Waals surface area contributed by atoms with Gasteiger partial charge in [-0.05, 0) is 44.0 Å². The molecule has 1 aliphatic heterocycles. The van der Waals surface area contributed by atoms with Crippen molar-refractivity contribution in [1.82, 2.24) is 4.72 Å². The molecule has 7 heteroatoms. The third kappa shape index (κ3) is 3.85. The van der Waals surface area contributed by atoms with E-state index in [-0.39, 0.29) is 17.5 Å². The van der Waals surface area contributed by atoms with Gasteiger partial charge in [0.25, 0.3) is 0 Å². The number of hydrogen-bond acceptors (Lipinski definition) is 5. The Morgan fingerprint density at radius 3 is 2.61 bits per heavy atom. The summed E-state index contributed by atoms with van der Waals surface area (Å²) in [5, 5.41) is 0. The first-order valence-electron chi connectivity index (χ1n) is 8.07. The van der Waals surface area contributed by atoms with Gasteiger partial charge in [-0.25, -0.2) is 13.1 Å². The summed E-state index contributed by atoms with van der Waals surface area (Å²) in [7, 11) is -3.56. The summed E-state index contributed by atoms with van der Waals surface area (Å²) < 4.78 is 44.2. The molecule has 128 valence electrons. The lowest BCUT2D eigenvalue weighted by Gasteiger charge is -2.21. The highest BCUT2D eigenvalue weighted by atomic mass is 32.2. The van der Waals surface area contributed by atoms with Crippen LogP contribution in [0.3, 0.4) is 0 Å². The first-order valence-corrected chi connectivity index (χ1v) is 9.56. The van der Waals surface area contributed by atoms with Crippen LogP contribution in [0.15, 0.2) is 29.2 Å². The third-order valence-corrected chi connectivity index (χ3v) is 5.66. The van der Waals surface area contributed by atoms with Crippen LogP contribution >= 0.6 is 0 Å². The van der Waals surface area contributed by atoms with E-state index >= 15 is 0 Å². The predicted octanol–water partition coefficient (Wildman–Crippen LogP) is 2.05. The van der Waals surface area contributed by atoms with Crippen molar-refractivity contribution in [2.75, 3.05) is 19.8 Å². The quantitative estimate of drug-likeness (QED) is 0.857. The molecule has 0 amide bonds. The summed E-state index contributed by atoms with van der Waals surface area (Å²) in [6, 6.07) is 6.39. The topological polar surface area (TPSA) is 73.9 Å². The number of benzene rings is 1. The molecule has 23 heavy (non-hydrogen) atoms. The number of nitrogens with one attached hydrogen (secondary N) is 1. The summed E-state index contributed by atoms with van der Waals surface area (Å²) in [6.07, 6.45) is 3.77. The van der Waals surface area contributed by atoms with Crippen LogP contribution in [0.5, 0.6) is 5.75 Å². The molecular formula is C16H23NO5S. The molecule has 1 spiro atoms. The monoisotopic (exact) mass is 341 g/mol. The predicted molar refractivity (Wildman–Crippen MR) is 84.8 cm³/mol. The molecule has 1 N–H and O–H groups in total. The number of hydrogen-bond donors (Lipinski definition) is 1. The van der Waals surface area contributed by atoms with Gasteiger partial charge >= 0.3 is 0 Å². The first kappa shape index (κ1) is 16.7. The van der Waals surface area contributed by atoms with Gasteiger partial charge in [-0.1, -0.05) is 0 Å². The minimum atomic E-state index is -3.56. The molecular weight excluding hydrogens is 318 g/mol. The lowest BCUT2D eigenvalue weighted by molar-refractivity contribution is -0.160. The van der Waals surface area contributed by atoms with Gasteiger partial charge in [-0.15, -0.1) is 0 Å². The van der Waals surface area contributed by atoms with Crippen LogP contribution in [0.25, 0.3) is 0 Å². The smallest absolute Gasteiger partial charge is 0.240 e. The number of rotatable bonds is 6. The van der Waals surface area contributed by atoms with Crippen molar-refractivity contribution in [3.8, 4) is 5.75 Å². The second-order valence-corrected chi connectivity index (χ2v) is 7.69. The van der Waals surface area contributed by atoms with Crippen molar-refractivity contribution in [2.45, 2.75) is 49.4 Å². The van der Waals surface area contributed by atoms with Crippen LogP contribution in [0.4, 0.5) is 0 Å². The van der Waals surface area contributed by atoms with Crippen LogP contribution in [0.1, 0.15) is 32.6 Å². The summed E-state index contributed by atoms with van der Waals surface area (Å²) in [4.78, 5) is 0.218. The molecule has 0 aromatic heterocycles. The Morgan fingerprint density at radius 2 is 1.96 bits per heavy atom. The fourth-order valence-electron chi connectivity index (χ4n) is 3.06. The van der Waals surface area contributed by atoms with Crippen molar-refractivity contribution < 1.29 is 22.6 Å². The SMILES string of the molecule is CCOc1ccc(S(=O)(=O)NC[C@H]2COC3(CCCC3)O2)cc1. The molecule has 0 unspecified atom stereocenters. The largest absolute Gasteiger partial charge is 0.494 e. The minimum Gasteiger partial charge on any atom is -0.494 e. The van der Waals surface area contributed by atoms with E-state index in [0.29, 0.717) is 19.0 Å². The van der Waals surface area contributed by atoms with Crippen LogP contribution in [0, 0.1) is 0 Å². The lowest BCUT2D eigenvalue weighted by atomic mass is 10.2. The maximum atomic E-state index is 12.3. The van der Waals surface area contributed by atoms with Crippen LogP contribution in [-0.4, -0.2) is 40.1 Å². The van der Waals surface area contributed by atoms with Crippen LogP contribution < -0.4 is 9.46 Å². The normalized spacial score (nSPS) is 23.4. The van der Waals surface area contributed by atoms with Crippen molar-refractivity contribution >= 4 is 10.0 Å². The zero-order valence-electron chi connectivity index (χ0n) is 13.3. The lowest BCUT2D eigenvalue weighted by Crippen LogP contribution is -2.35. The van der Waals surface area contributed by atoms with Crippen LogP contribution in [-0.2, 0) is 19.5 Å². The third-order valence-electron chi connectivity index (χ3n) is 4.23. The first-order chi connectivity index (χ1) is 11.0. The summed E-state index contributed by atoms with van der Waals surface area (Å²) in [5.74, 6) is 0.192. The molecule has 3 rings (SSSR count). The van der Waals surface area contributed by atoms with E-state index < -0.39 is 15.8 Å². The zero-order valence-corrected chi connectivity index (χ0v) is 14.1. The van der Waals surface area contributed by atoms with Gasteiger partial charge in [0.2, 0.25) is 10.0 Å². The van der Waals surface area contributed by atoms with Gasteiger partial charge in [0.05, 0.1) is 24.2 Å². The Morgan fingerprint density at radius 1 is 1.26 bits per heavy atom. The van der Waals surface area contributed by atoms with Crippen LogP contribution in [0.2, 0.25) is 0 Å². The Hall–Kier alpha value is -1.15. The van der Waals surface area contributed by atoms with E-state index in [2.05, 4.69) is 4.72 Å². The van der Waals surface area contributed by atoms with Gasteiger partial charge in [0.1, 0.15) is 5.75 Å². The summed E-state index contributed by atoms with van der Waals surface area (Å²) in [6.45, 7) is 3.08. The molecule has 2 fully saturated rings. The minimum absolute atomic E-state index is 0.218. The van der Waals surface area contributed by atoms with Crippen molar-refractivity contribution in [1.29, 1.82) is 0 Å². The Kier molecular flexibility index (Phi) is 4.91. The molecule has 1 saturated carbocycles. The van der Waals surface area contributed by atoms with Crippen molar-refractivity contribution in [3.05, 3.63) is 24.3 Å². The molecule has 2 aliphatic rings. The summed E-state index contributed by atoms with van der Waals surface area (Å²) in [5.41, 5.74) is 0. The molecule has 1 saturated heterocycles. The van der Waals surface area contributed by atoms with E-state index in [0.717, 1.165) is 25.7 Å². The van der Waals surface area contributed by atoms with E-state index in [1.807, 2.05) is 6.92 Å². The average Bonchev–Trinajstić information content (AvgIpc) is 3.17. The van der Waals surface area contributed by atoms with Gasteiger partial charge in [-0.2, -0.15) is 0 Å². The van der Waals surface area contributed by atoms with Gasteiger partial charge in [0, 0.05) is 19.4 Å². The number of sulfonamides is 1. The standard InChI is InChI=1S/C16H23NO5S/c1-2-20-13-5-7-15(8-6-13)23(18,19)17-11-14-12-21-16(22-14)9-3-4-10-16/h5-8,14,17H,2-4,9-12H2,1H3/t14-/m0/s1. The van der Waals surface area contributed by atoms with E-state index in [1.54, 1.807) is 12.1 Å². The Bertz CT molecular complexity index is 622. The maximum Gasteiger partial charge on any atom is 0.240 e. The number of ether oxygens (including phenoxy) is 3. The highest BCUT2D eigenvalue weighted by molar-refractivity contribution is 7.89. The fraction of sp³-hybridized carbons (Fsp3) is 0.625. The molecule has 1 aliphatic carbocycles. The molecule has 0 radical (unpaired) electrons. The molecule has 1 atom stereocenters. The second-order valence-electron chi connectivity index (χ2n) is 5.92. The van der Waals surface area contributed by atoms with Crippen molar-refractivity contribution in [2.24, 2.45) is 0 Å². The Labute approximate surface area is 137 Å². The molecule has 1 aromatic carbocycles. The van der Waals surface area contributed by atoms with Gasteiger partial charge < -0.3 is 14.2 Å². The second kappa shape index (κ2) is 6.76. The van der Waals surface area contributed by atoms with Gasteiger partial charge in [-0.3, -0.25) is 0 Å². The maximum absolute atomic E-state index is 12.3. The fourth-order valence-corrected chi connectivity index (χ4v) is 4.13. The molecule has 6 nitrogen and oxygen atoms in total. The van der Waals surface area contributed by atoms with Crippen molar-refractivity contribution in [3.63, 3.8) is 0 Å². The average molecular weight is 341 g/mol. The van der Waals surface area contributed by atoms with E-state index in [4.69, 9.17) is 14.2 Å². The summed E-state index contributed by atoms with van der Waals surface area (Å²) >= 11 is 0. The Balaban J connectivity index is 1.56. The van der Waals surface area contributed by atoms with E-state index in [9.17, 15) is 8.42 Å². The van der Waals surface area contributed by atoms with E-state index in [1.165, 1.54) is 12.1 Å². The van der Waals surface area contributed by atoms with Gasteiger partial charge in [0.15, 0.2) is 5.79 Å². The highest BCUT2D eigenvalue weighted by Crippen LogP contribution is 2.39. The molecule has 0 bridgehead atoms. The molecule has 1 aromatic rings.